The number of allylic oxidation sites excluding steroid dienone is 1. The number of rotatable bonds is 3. The number of thiol groups is 1. The van der Waals surface area contributed by atoms with E-state index in [0.29, 0.717) is 16.7 Å². The van der Waals surface area contributed by atoms with Crippen LogP contribution in [0.1, 0.15) is 46.2 Å². The number of aliphatic hydroxyl groups excluding tert-OH is 1. The molecule has 0 spiro atoms. The Labute approximate surface area is 120 Å². The highest BCUT2D eigenvalue weighted by molar-refractivity contribution is 8.19. The molecule has 1 aliphatic rings. The summed E-state index contributed by atoms with van der Waals surface area (Å²) in [6.07, 6.45) is 0.828. The van der Waals surface area contributed by atoms with E-state index in [-0.39, 0.29) is 5.78 Å². The van der Waals surface area contributed by atoms with Crippen molar-refractivity contribution in [3.63, 3.8) is 0 Å². The lowest BCUT2D eigenvalue weighted by atomic mass is 9.99. The molecule has 1 aliphatic heterocycles. The van der Waals surface area contributed by atoms with Crippen molar-refractivity contribution in [2.24, 2.45) is 0 Å². The third kappa shape index (κ3) is 2.51. The van der Waals surface area contributed by atoms with Crippen molar-refractivity contribution in [2.45, 2.75) is 24.8 Å². The van der Waals surface area contributed by atoms with Crippen molar-refractivity contribution < 1.29 is 19.4 Å². The predicted molar refractivity (Wildman–Crippen MR) is 79.7 cm³/mol. The van der Waals surface area contributed by atoms with Crippen molar-refractivity contribution in [2.75, 3.05) is 12.9 Å². The highest BCUT2D eigenvalue weighted by atomic mass is 32.2. The van der Waals surface area contributed by atoms with Crippen LogP contribution in [0.25, 0.3) is 0 Å². The lowest BCUT2D eigenvalue weighted by Crippen LogP contribution is -2.13. The molecule has 2 atom stereocenters. The molecule has 0 bridgehead atoms. The molecule has 0 radical (unpaired) electrons. The number of aliphatic hydroxyl groups is 1. The lowest BCUT2D eigenvalue weighted by molar-refractivity contribution is 0.0600. The predicted octanol–water partition coefficient (Wildman–Crippen LogP) is 2.62. The number of hydrogen-bond donors (Lipinski definition) is 2. The van der Waals surface area contributed by atoms with Crippen molar-refractivity contribution in [1.29, 1.82) is 0 Å². The summed E-state index contributed by atoms with van der Waals surface area (Å²) >= 11 is 0. The Morgan fingerprint density at radius 1 is 1.45 bits per heavy atom. The molecular formula is C15H18O4S. The van der Waals surface area contributed by atoms with E-state index in [9.17, 15) is 14.7 Å². The van der Waals surface area contributed by atoms with Crippen LogP contribution in [0.2, 0.25) is 0 Å². The van der Waals surface area contributed by atoms with Crippen LogP contribution in [0.3, 0.4) is 0 Å². The molecule has 2 unspecified atom stereocenters. The maximum Gasteiger partial charge on any atom is 0.337 e. The number of methoxy groups -OCH3 is 1. The molecule has 5 heteroatoms. The minimum Gasteiger partial charge on any atom is -0.465 e. The summed E-state index contributed by atoms with van der Waals surface area (Å²) in [6.45, 7) is 3.69. The highest BCUT2D eigenvalue weighted by Gasteiger charge is 2.25. The van der Waals surface area contributed by atoms with Crippen LogP contribution < -0.4 is 0 Å². The average molecular weight is 294 g/mol. The summed E-state index contributed by atoms with van der Waals surface area (Å²) in [5.41, 5.74) is 1.46. The van der Waals surface area contributed by atoms with Crippen LogP contribution in [-0.4, -0.2) is 29.7 Å². The Balaban J connectivity index is 2.70. The fourth-order valence-electron chi connectivity index (χ4n) is 2.30. The van der Waals surface area contributed by atoms with E-state index < -0.39 is 23.0 Å². The zero-order chi connectivity index (χ0) is 14.9. The van der Waals surface area contributed by atoms with Crippen molar-refractivity contribution in [1.82, 2.24) is 0 Å². The number of benzene rings is 1. The molecule has 0 aliphatic carbocycles. The fourth-order valence-corrected chi connectivity index (χ4v) is 4.36. The van der Waals surface area contributed by atoms with Gasteiger partial charge in [-0.05, 0) is 41.9 Å². The van der Waals surface area contributed by atoms with Gasteiger partial charge in [0, 0.05) is 10.5 Å². The molecule has 108 valence electrons. The molecule has 1 aromatic carbocycles. The van der Waals surface area contributed by atoms with Gasteiger partial charge in [0.05, 0.1) is 18.8 Å². The van der Waals surface area contributed by atoms with Gasteiger partial charge in [-0.1, -0.05) is 6.92 Å². The van der Waals surface area contributed by atoms with Crippen LogP contribution in [0.15, 0.2) is 28.5 Å². The van der Waals surface area contributed by atoms with E-state index in [1.54, 1.807) is 25.1 Å². The van der Waals surface area contributed by atoms with E-state index in [1.807, 2.05) is 5.41 Å². The summed E-state index contributed by atoms with van der Waals surface area (Å²) in [6, 6.07) is 3.20. The maximum absolute atomic E-state index is 12.1. The fraction of sp³-hybridized carbons (Fsp3) is 0.333. The van der Waals surface area contributed by atoms with E-state index >= 15 is 0 Å². The first kappa shape index (κ1) is 14.8. The summed E-state index contributed by atoms with van der Waals surface area (Å²) in [5, 5.41) is 11.9. The van der Waals surface area contributed by atoms with Gasteiger partial charge in [0.1, 0.15) is 0 Å². The molecular weight excluding hydrogens is 276 g/mol. The third-order valence-corrected chi connectivity index (χ3v) is 5.57. The van der Waals surface area contributed by atoms with Crippen molar-refractivity contribution >= 4 is 22.6 Å². The number of ketones is 1. The Morgan fingerprint density at radius 2 is 2.15 bits per heavy atom. The smallest absolute Gasteiger partial charge is 0.337 e. The standard InChI is InChI=1S/C15H18O4S/c1-4-20-6-5-13(17)12-8-10(15(18)19-3)7-11(9(2)16)14(12)20/h5-9,16,20H,4H2,1-3H3. The van der Waals surface area contributed by atoms with Crippen molar-refractivity contribution in [3.05, 3.63) is 40.3 Å². The number of carbonyl (C=O) groups excluding carboxylic acids is 2. The largest absolute Gasteiger partial charge is 0.465 e. The second-order valence-corrected chi connectivity index (χ2v) is 6.91. The summed E-state index contributed by atoms with van der Waals surface area (Å²) in [5.74, 6) is 0.265. The van der Waals surface area contributed by atoms with Gasteiger partial charge < -0.3 is 9.84 Å². The SMILES string of the molecule is CC[SH]1C=CC(=O)c2cc(C(=O)OC)cc(C(C)O)c21. The van der Waals surface area contributed by atoms with Gasteiger partial charge in [-0.25, -0.2) is 15.7 Å². The first-order valence-electron chi connectivity index (χ1n) is 6.43. The molecule has 2 rings (SSSR count). The van der Waals surface area contributed by atoms with E-state index in [0.717, 1.165) is 10.6 Å². The topological polar surface area (TPSA) is 63.6 Å². The molecule has 20 heavy (non-hydrogen) atoms. The van der Waals surface area contributed by atoms with Crippen LogP contribution in [0.4, 0.5) is 0 Å². The third-order valence-electron chi connectivity index (χ3n) is 3.31. The molecule has 0 fully saturated rings. The monoisotopic (exact) mass is 294 g/mol. The summed E-state index contributed by atoms with van der Waals surface area (Å²) < 4.78 is 4.71. The average Bonchev–Trinajstić information content (AvgIpc) is 2.46. The quantitative estimate of drug-likeness (QED) is 0.664. The molecule has 0 amide bonds. The normalized spacial score (nSPS) is 20.4. The lowest BCUT2D eigenvalue weighted by Gasteiger charge is -2.27. The van der Waals surface area contributed by atoms with Gasteiger partial charge in [0.25, 0.3) is 0 Å². The minimum absolute atomic E-state index is 0.125. The minimum atomic E-state index is -0.732. The van der Waals surface area contributed by atoms with Gasteiger partial charge in [-0.15, -0.1) is 0 Å². The second kappa shape index (κ2) is 5.81. The first-order chi connectivity index (χ1) is 9.49. The molecule has 4 nitrogen and oxygen atoms in total. The maximum atomic E-state index is 12.1. The van der Waals surface area contributed by atoms with Crippen LogP contribution in [0, 0.1) is 0 Å². The van der Waals surface area contributed by atoms with Crippen molar-refractivity contribution in [3.8, 4) is 0 Å². The Morgan fingerprint density at radius 3 is 2.70 bits per heavy atom. The molecule has 0 saturated carbocycles. The second-order valence-electron chi connectivity index (χ2n) is 4.60. The Hall–Kier alpha value is -1.59. The number of fused-ring (bicyclic) bond motifs is 1. The van der Waals surface area contributed by atoms with Gasteiger partial charge >= 0.3 is 5.97 Å². The van der Waals surface area contributed by atoms with Crippen LogP contribution in [-0.2, 0) is 4.74 Å². The zero-order valence-corrected chi connectivity index (χ0v) is 12.6. The first-order valence-corrected chi connectivity index (χ1v) is 8.02. The molecule has 0 saturated heterocycles. The number of ether oxygens (including phenoxy) is 1. The van der Waals surface area contributed by atoms with Gasteiger partial charge in [0.15, 0.2) is 5.78 Å². The summed E-state index contributed by atoms with van der Waals surface area (Å²) in [7, 11) is 0.681. The summed E-state index contributed by atoms with van der Waals surface area (Å²) in [4.78, 5) is 24.7. The van der Waals surface area contributed by atoms with Gasteiger partial charge in [-0.2, -0.15) is 0 Å². The molecule has 1 N–H and O–H groups in total. The van der Waals surface area contributed by atoms with E-state index in [4.69, 9.17) is 4.74 Å². The number of hydrogen-bond acceptors (Lipinski definition) is 4. The van der Waals surface area contributed by atoms with E-state index in [2.05, 4.69) is 6.92 Å². The number of carbonyl (C=O) groups is 2. The highest BCUT2D eigenvalue weighted by Crippen LogP contribution is 2.46. The van der Waals surface area contributed by atoms with Gasteiger partial charge in [-0.3, -0.25) is 4.79 Å². The van der Waals surface area contributed by atoms with Crippen LogP contribution in [0.5, 0.6) is 0 Å². The van der Waals surface area contributed by atoms with Crippen LogP contribution >= 0.6 is 10.9 Å². The van der Waals surface area contributed by atoms with Gasteiger partial charge in [0.2, 0.25) is 0 Å². The Bertz CT molecular complexity index is 590. The molecule has 0 aromatic heterocycles. The number of esters is 1. The molecule has 1 heterocycles. The Kier molecular flexibility index (Phi) is 4.30. The molecule has 1 aromatic rings. The zero-order valence-electron chi connectivity index (χ0n) is 11.7. The van der Waals surface area contributed by atoms with E-state index in [1.165, 1.54) is 7.11 Å².